The van der Waals surface area contributed by atoms with Crippen molar-refractivity contribution in [3.05, 3.63) is 68.6 Å². The average Bonchev–Trinajstić information content (AvgIpc) is 2.75. The van der Waals surface area contributed by atoms with Crippen LogP contribution in [0.5, 0.6) is 0 Å². The van der Waals surface area contributed by atoms with Crippen molar-refractivity contribution in [3.8, 4) is 0 Å². The van der Waals surface area contributed by atoms with Crippen molar-refractivity contribution < 1.29 is 4.74 Å². The number of fused-ring (bicyclic) bond motifs is 4. The Balaban J connectivity index is 1.45. The molecule has 5 heteroatoms. The summed E-state index contributed by atoms with van der Waals surface area (Å²) in [6.07, 6.45) is 7.71. The molecule has 0 amide bonds. The van der Waals surface area contributed by atoms with Gasteiger partial charge in [-0.25, -0.2) is 0 Å². The van der Waals surface area contributed by atoms with E-state index >= 15 is 0 Å². The smallest absolute Gasteiger partial charge is 0.250 e. The molecule has 2 unspecified atom stereocenters. The number of rotatable bonds is 3. The number of hydrogen-bond acceptors (Lipinski definition) is 3. The molecule has 1 aromatic heterocycles. The molecule has 0 saturated carbocycles. The first kappa shape index (κ1) is 19.1. The molecule has 2 fully saturated rings. The summed E-state index contributed by atoms with van der Waals surface area (Å²) in [7, 11) is 0. The van der Waals surface area contributed by atoms with Gasteiger partial charge in [-0.3, -0.25) is 9.69 Å². The van der Waals surface area contributed by atoms with Crippen LogP contribution in [0.1, 0.15) is 42.0 Å². The van der Waals surface area contributed by atoms with Crippen molar-refractivity contribution in [3.63, 3.8) is 0 Å². The van der Waals surface area contributed by atoms with E-state index in [0.29, 0.717) is 17.9 Å². The van der Waals surface area contributed by atoms with E-state index in [0.717, 1.165) is 61.8 Å². The molecule has 4 nitrogen and oxygen atoms in total. The maximum absolute atomic E-state index is 12.6. The van der Waals surface area contributed by atoms with Crippen molar-refractivity contribution in [2.75, 3.05) is 26.3 Å². The number of pyridine rings is 1. The van der Waals surface area contributed by atoms with Gasteiger partial charge in [0.25, 0.3) is 5.56 Å². The molecule has 1 aromatic carbocycles. The highest BCUT2D eigenvalue weighted by atomic mass is 35.5. The summed E-state index contributed by atoms with van der Waals surface area (Å²) in [5, 5.41) is 0.743. The quantitative estimate of drug-likeness (QED) is 0.757. The fourth-order valence-corrected chi connectivity index (χ4v) is 5.46. The molecule has 29 heavy (non-hydrogen) atoms. The third-order valence-corrected chi connectivity index (χ3v) is 6.94. The van der Waals surface area contributed by atoms with E-state index in [1.54, 1.807) is 6.07 Å². The van der Waals surface area contributed by atoms with Gasteiger partial charge >= 0.3 is 0 Å². The molecule has 0 spiro atoms. The second-order valence-electron chi connectivity index (χ2n) is 8.60. The molecule has 3 aliphatic rings. The van der Waals surface area contributed by atoms with Gasteiger partial charge in [-0.15, -0.1) is 0 Å². The SMILES string of the molecule is O=c1ccc(C=Cc2ccc(Cl)cc2)c2n1CC1CC2CN(C2CCOCC2)C1. The molecule has 0 radical (unpaired) electrons. The Morgan fingerprint density at radius 1 is 0.966 bits per heavy atom. The Morgan fingerprint density at radius 2 is 1.76 bits per heavy atom. The highest BCUT2D eigenvalue weighted by Crippen LogP contribution is 2.38. The molecule has 5 rings (SSSR count). The van der Waals surface area contributed by atoms with Crippen molar-refractivity contribution >= 4 is 23.8 Å². The second kappa shape index (κ2) is 8.10. The lowest BCUT2D eigenvalue weighted by Crippen LogP contribution is -2.52. The second-order valence-corrected chi connectivity index (χ2v) is 9.04. The summed E-state index contributed by atoms with van der Waals surface area (Å²) < 4.78 is 7.61. The number of benzene rings is 1. The number of ether oxygens (including phenoxy) is 1. The summed E-state index contributed by atoms with van der Waals surface area (Å²) >= 11 is 6.00. The van der Waals surface area contributed by atoms with Gasteiger partial charge in [-0.05, 0) is 54.5 Å². The van der Waals surface area contributed by atoms with Crippen LogP contribution in [0.3, 0.4) is 0 Å². The molecule has 2 saturated heterocycles. The van der Waals surface area contributed by atoms with Gasteiger partial charge in [0.15, 0.2) is 0 Å². The number of halogens is 1. The maximum Gasteiger partial charge on any atom is 0.250 e. The van der Waals surface area contributed by atoms with Crippen LogP contribution >= 0.6 is 11.6 Å². The topological polar surface area (TPSA) is 34.5 Å². The lowest BCUT2D eigenvalue weighted by Gasteiger charge is -2.47. The van der Waals surface area contributed by atoms with Gasteiger partial charge in [0.05, 0.1) is 0 Å². The highest BCUT2D eigenvalue weighted by Gasteiger charge is 2.38. The first-order valence-electron chi connectivity index (χ1n) is 10.7. The number of likely N-dealkylation sites (tertiary alicyclic amines) is 1. The van der Waals surface area contributed by atoms with Crippen LogP contribution in [-0.2, 0) is 11.3 Å². The van der Waals surface area contributed by atoms with E-state index in [2.05, 4.69) is 17.1 Å². The van der Waals surface area contributed by atoms with Gasteiger partial charge in [-0.1, -0.05) is 35.9 Å². The summed E-state index contributed by atoms with van der Waals surface area (Å²) in [5.41, 5.74) is 3.63. The highest BCUT2D eigenvalue weighted by molar-refractivity contribution is 6.30. The Labute approximate surface area is 176 Å². The van der Waals surface area contributed by atoms with Crippen LogP contribution in [-0.4, -0.2) is 41.8 Å². The normalized spacial score (nSPS) is 25.3. The van der Waals surface area contributed by atoms with Gasteiger partial charge in [-0.2, -0.15) is 0 Å². The van der Waals surface area contributed by atoms with Crippen LogP contribution in [0.15, 0.2) is 41.2 Å². The minimum absolute atomic E-state index is 0.137. The van der Waals surface area contributed by atoms with Gasteiger partial charge < -0.3 is 9.30 Å². The zero-order valence-electron chi connectivity index (χ0n) is 16.6. The molecule has 152 valence electrons. The minimum Gasteiger partial charge on any atom is -0.381 e. The predicted molar refractivity (Wildman–Crippen MR) is 117 cm³/mol. The zero-order chi connectivity index (χ0) is 19.8. The van der Waals surface area contributed by atoms with Crippen LogP contribution in [0, 0.1) is 5.92 Å². The van der Waals surface area contributed by atoms with E-state index in [9.17, 15) is 4.79 Å². The van der Waals surface area contributed by atoms with E-state index in [-0.39, 0.29) is 5.56 Å². The number of nitrogens with zero attached hydrogens (tertiary/aromatic N) is 2. The Bertz CT molecular complexity index is 960. The summed E-state index contributed by atoms with van der Waals surface area (Å²) in [5.74, 6) is 0.987. The number of piperidine rings is 1. The maximum atomic E-state index is 12.6. The molecule has 2 aromatic rings. The summed E-state index contributed by atoms with van der Waals surface area (Å²) in [6, 6.07) is 12.2. The summed E-state index contributed by atoms with van der Waals surface area (Å²) in [4.78, 5) is 15.3. The monoisotopic (exact) mass is 410 g/mol. The minimum atomic E-state index is 0.137. The first-order valence-corrected chi connectivity index (χ1v) is 11.0. The van der Waals surface area contributed by atoms with Crippen LogP contribution in [0.4, 0.5) is 0 Å². The molecule has 2 atom stereocenters. The van der Waals surface area contributed by atoms with E-state index in [1.165, 1.54) is 12.1 Å². The van der Waals surface area contributed by atoms with E-state index in [1.807, 2.05) is 34.9 Å². The van der Waals surface area contributed by atoms with Crippen molar-refractivity contribution in [1.29, 1.82) is 0 Å². The molecule has 3 aliphatic heterocycles. The zero-order valence-corrected chi connectivity index (χ0v) is 17.4. The van der Waals surface area contributed by atoms with Crippen molar-refractivity contribution in [1.82, 2.24) is 9.47 Å². The van der Waals surface area contributed by atoms with Crippen LogP contribution in [0.25, 0.3) is 12.2 Å². The predicted octanol–water partition coefficient (Wildman–Crippen LogP) is 4.27. The van der Waals surface area contributed by atoms with Crippen LogP contribution < -0.4 is 5.56 Å². The molecule has 0 aliphatic carbocycles. The Morgan fingerprint density at radius 3 is 2.55 bits per heavy atom. The largest absolute Gasteiger partial charge is 0.381 e. The molecule has 4 heterocycles. The number of aromatic nitrogens is 1. The lowest BCUT2D eigenvalue weighted by atomic mass is 9.80. The van der Waals surface area contributed by atoms with Gasteiger partial charge in [0.1, 0.15) is 0 Å². The van der Waals surface area contributed by atoms with Crippen LogP contribution in [0.2, 0.25) is 5.02 Å². The lowest BCUT2D eigenvalue weighted by molar-refractivity contribution is 0.00584. The Hall–Kier alpha value is -1.88. The average molecular weight is 411 g/mol. The summed E-state index contributed by atoms with van der Waals surface area (Å²) in [6.45, 7) is 4.75. The first-order chi connectivity index (χ1) is 14.2. The molecular formula is C24H27ClN2O2. The molecule has 2 bridgehead atoms. The fraction of sp³-hybridized carbons (Fsp3) is 0.458. The van der Waals surface area contributed by atoms with E-state index < -0.39 is 0 Å². The standard InChI is InChI=1S/C24H27ClN2O2/c25-21-6-2-17(3-7-21)1-4-19-5-8-23(28)27-15-18-13-20(24(19)27)16-26(14-18)22-9-11-29-12-10-22/h1-8,18,20,22H,9-16H2. The fourth-order valence-electron chi connectivity index (χ4n) is 5.33. The Kier molecular flexibility index (Phi) is 5.33. The third kappa shape index (κ3) is 3.94. The van der Waals surface area contributed by atoms with Crippen molar-refractivity contribution in [2.45, 2.75) is 37.8 Å². The molecular weight excluding hydrogens is 384 g/mol. The third-order valence-electron chi connectivity index (χ3n) is 6.68. The molecule has 0 N–H and O–H groups in total. The van der Waals surface area contributed by atoms with E-state index in [4.69, 9.17) is 16.3 Å². The van der Waals surface area contributed by atoms with Gasteiger partial charge in [0, 0.05) is 61.6 Å². The number of hydrogen-bond donors (Lipinski definition) is 0. The van der Waals surface area contributed by atoms with Crippen molar-refractivity contribution in [2.24, 2.45) is 5.92 Å². The van der Waals surface area contributed by atoms with Gasteiger partial charge in [0.2, 0.25) is 0 Å².